The maximum absolute atomic E-state index is 8.09. The molecule has 0 radical (unpaired) electrons. The molecule has 2 nitrogen and oxygen atoms in total. The van der Waals surface area contributed by atoms with Gasteiger partial charge in [-0.05, 0) is 35.6 Å². The first kappa shape index (κ1) is 15.4. The first-order valence-corrected chi connectivity index (χ1v) is 8.19. The summed E-state index contributed by atoms with van der Waals surface area (Å²) in [5.74, 6) is 1.39. The molecule has 1 aromatic rings. The lowest BCUT2D eigenvalue weighted by Gasteiger charge is -2.25. The zero-order valence-electron chi connectivity index (χ0n) is 13.4. The molecule has 0 aliphatic carbocycles. The third-order valence-electron chi connectivity index (χ3n) is 3.75. The Morgan fingerprint density at radius 3 is 2.55 bits per heavy atom. The molecule has 0 unspecified atom stereocenters. The van der Waals surface area contributed by atoms with Crippen molar-refractivity contribution in [2.75, 3.05) is 12.4 Å². The summed E-state index contributed by atoms with van der Waals surface area (Å²) in [4.78, 5) is 1.41. The van der Waals surface area contributed by atoms with Gasteiger partial charge >= 0.3 is 0 Å². The summed E-state index contributed by atoms with van der Waals surface area (Å²) >= 11 is 1.95. The molecule has 1 aliphatic heterocycles. The van der Waals surface area contributed by atoms with Crippen LogP contribution in [0, 0.1) is 5.41 Å². The van der Waals surface area contributed by atoms with Gasteiger partial charge in [-0.1, -0.05) is 34.6 Å². The minimum Gasteiger partial charge on any atom is -0.478 e. The second-order valence-corrected chi connectivity index (χ2v) is 8.07. The Labute approximate surface area is 126 Å². The summed E-state index contributed by atoms with van der Waals surface area (Å²) < 4.78 is 5.40. The molecular formula is C17H25NOS. The standard InChI is InChI=1S/C17H25NOS/c1-7-19-15(18)11-8-12(16(2,3)4)14-13(9-11)17(5,6)10-20-14/h8-9,18H,7,10H2,1-6H3. The van der Waals surface area contributed by atoms with Crippen LogP contribution in [-0.2, 0) is 15.6 Å². The van der Waals surface area contributed by atoms with Crippen LogP contribution in [0.4, 0.5) is 0 Å². The fraction of sp³-hybridized carbons (Fsp3) is 0.588. The molecule has 20 heavy (non-hydrogen) atoms. The van der Waals surface area contributed by atoms with E-state index in [-0.39, 0.29) is 16.7 Å². The number of ether oxygens (including phenoxy) is 1. The second-order valence-electron chi connectivity index (χ2n) is 7.09. The van der Waals surface area contributed by atoms with E-state index < -0.39 is 0 Å². The Hall–Kier alpha value is -0.960. The Bertz CT molecular complexity index is 541. The molecule has 0 aromatic heterocycles. The lowest BCUT2D eigenvalue weighted by atomic mass is 9.79. The summed E-state index contributed by atoms with van der Waals surface area (Å²) in [5, 5.41) is 8.09. The van der Waals surface area contributed by atoms with Crippen molar-refractivity contribution in [3.05, 3.63) is 28.8 Å². The van der Waals surface area contributed by atoms with Crippen LogP contribution >= 0.6 is 11.8 Å². The summed E-state index contributed by atoms with van der Waals surface area (Å²) in [6.45, 7) is 13.7. The molecule has 0 saturated carbocycles. The SMILES string of the molecule is CCOC(=N)c1cc(C(C)(C)C)c2c(c1)C(C)(C)CS2. The molecule has 1 heterocycles. The molecule has 0 atom stereocenters. The molecule has 1 aromatic carbocycles. The van der Waals surface area contributed by atoms with Gasteiger partial charge in [0.15, 0.2) is 0 Å². The van der Waals surface area contributed by atoms with E-state index in [1.54, 1.807) is 0 Å². The highest BCUT2D eigenvalue weighted by atomic mass is 32.2. The van der Waals surface area contributed by atoms with Gasteiger partial charge in [0.1, 0.15) is 0 Å². The van der Waals surface area contributed by atoms with Crippen molar-refractivity contribution in [2.45, 2.75) is 57.3 Å². The van der Waals surface area contributed by atoms with Gasteiger partial charge in [0.05, 0.1) is 6.61 Å². The van der Waals surface area contributed by atoms with Gasteiger partial charge in [0, 0.05) is 21.6 Å². The van der Waals surface area contributed by atoms with Gasteiger partial charge < -0.3 is 4.74 Å². The second kappa shape index (κ2) is 5.10. The van der Waals surface area contributed by atoms with E-state index >= 15 is 0 Å². The Morgan fingerprint density at radius 1 is 1.35 bits per heavy atom. The van der Waals surface area contributed by atoms with Gasteiger partial charge in [-0.2, -0.15) is 0 Å². The maximum Gasteiger partial charge on any atom is 0.213 e. The molecule has 0 fully saturated rings. The number of hydrogen-bond acceptors (Lipinski definition) is 3. The third-order valence-corrected chi connectivity index (χ3v) is 5.35. The molecule has 0 spiro atoms. The van der Waals surface area contributed by atoms with E-state index in [4.69, 9.17) is 10.1 Å². The monoisotopic (exact) mass is 291 g/mol. The van der Waals surface area contributed by atoms with Crippen LogP contribution in [0.1, 0.15) is 58.2 Å². The summed E-state index contributed by atoms with van der Waals surface area (Å²) in [6.07, 6.45) is 0. The highest BCUT2D eigenvalue weighted by molar-refractivity contribution is 7.99. The van der Waals surface area contributed by atoms with E-state index in [9.17, 15) is 0 Å². The average Bonchev–Trinajstić information content (AvgIpc) is 2.63. The smallest absolute Gasteiger partial charge is 0.213 e. The Morgan fingerprint density at radius 2 is 2.00 bits per heavy atom. The van der Waals surface area contributed by atoms with E-state index in [1.165, 1.54) is 16.0 Å². The highest BCUT2D eigenvalue weighted by Crippen LogP contribution is 2.48. The van der Waals surface area contributed by atoms with Crippen molar-refractivity contribution in [3.8, 4) is 0 Å². The molecule has 3 heteroatoms. The lowest BCUT2D eigenvalue weighted by molar-refractivity contribution is 0.325. The number of hydrogen-bond donors (Lipinski definition) is 1. The first-order chi connectivity index (χ1) is 9.16. The number of fused-ring (bicyclic) bond motifs is 1. The summed E-state index contributed by atoms with van der Waals surface area (Å²) in [5.41, 5.74) is 3.87. The van der Waals surface area contributed by atoms with Crippen LogP contribution in [0.25, 0.3) is 0 Å². The van der Waals surface area contributed by atoms with Gasteiger partial charge in [-0.3, -0.25) is 5.41 Å². The van der Waals surface area contributed by atoms with Gasteiger partial charge in [0.2, 0.25) is 5.90 Å². The first-order valence-electron chi connectivity index (χ1n) is 7.20. The quantitative estimate of drug-likeness (QED) is 0.631. The van der Waals surface area contributed by atoms with Gasteiger partial charge in [0.25, 0.3) is 0 Å². The third kappa shape index (κ3) is 2.73. The fourth-order valence-electron chi connectivity index (χ4n) is 2.53. The topological polar surface area (TPSA) is 33.1 Å². The van der Waals surface area contributed by atoms with Crippen LogP contribution in [-0.4, -0.2) is 18.3 Å². The minimum absolute atomic E-state index is 0.0833. The fourth-order valence-corrected chi connectivity index (χ4v) is 4.21. The number of thioether (sulfide) groups is 1. The van der Waals surface area contributed by atoms with Crippen LogP contribution in [0.3, 0.4) is 0 Å². The van der Waals surface area contributed by atoms with E-state index in [0.717, 1.165) is 11.3 Å². The molecule has 110 valence electrons. The molecule has 2 rings (SSSR count). The highest BCUT2D eigenvalue weighted by Gasteiger charge is 2.35. The van der Waals surface area contributed by atoms with Crippen LogP contribution in [0.15, 0.2) is 17.0 Å². The number of nitrogens with one attached hydrogen (secondary N) is 1. The van der Waals surface area contributed by atoms with Crippen molar-refractivity contribution < 1.29 is 4.74 Å². The van der Waals surface area contributed by atoms with E-state index in [2.05, 4.69) is 46.8 Å². The molecule has 0 bridgehead atoms. The van der Waals surface area contributed by atoms with Crippen molar-refractivity contribution in [2.24, 2.45) is 0 Å². The minimum atomic E-state index is 0.0833. The normalized spacial score (nSPS) is 16.9. The van der Waals surface area contributed by atoms with Crippen LogP contribution in [0.2, 0.25) is 0 Å². The van der Waals surface area contributed by atoms with Gasteiger partial charge in [-0.15, -0.1) is 11.8 Å². The van der Waals surface area contributed by atoms with Crippen molar-refractivity contribution in [1.29, 1.82) is 5.41 Å². The molecule has 1 aliphatic rings. The van der Waals surface area contributed by atoms with E-state index in [1.807, 2.05) is 18.7 Å². The van der Waals surface area contributed by atoms with E-state index in [0.29, 0.717) is 6.61 Å². The van der Waals surface area contributed by atoms with Gasteiger partial charge in [-0.25, -0.2) is 0 Å². The zero-order chi connectivity index (χ0) is 15.1. The molecular weight excluding hydrogens is 266 g/mol. The average molecular weight is 291 g/mol. The number of rotatable bonds is 2. The maximum atomic E-state index is 8.09. The van der Waals surface area contributed by atoms with Crippen molar-refractivity contribution in [1.82, 2.24) is 0 Å². The van der Waals surface area contributed by atoms with Crippen molar-refractivity contribution >= 4 is 17.7 Å². The predicted octanol–water partition coefficient (Wildman–Crippen LogP) is 4.73. The summed E-state index contributed by atoms with van der Waals surface area (Å²) in [6, 6.07) is 4.30. The molecule has 1 N–H and O–H groups in total. The zero-order valence-corrected chi connectivity index (χ0v) is 14.2. The van der Waals surface area contributed by atoms with Crippen LogP contribution in [0.5, 0.6) is 0 Å². The Kier molecular flexibility index (Phi) is 3.94. The van der Waals surface area contributed by atoms with Crippen molar-refractivity contribution in [3.63, 3.8) is 0 Å². The molecule has 0 saturated heterocycles. The van der Waals surface area contributed by atoms with Crippen LogP contribution < -0.4 is 0 Å². The largest absolute Gasteiger partial charge is 0.478 e. The Balaban J connectivity index is 2.62. The lowest BCUT2D eigenvalue weighted by Crippen LogP contribution is -2.20. The predicted molar refractivity (Wildman–Crippen MR) is 87.3 cm³/mol. The number of benzene rings is 1. The summed E-state index contributed by atoms with van der Waals surface area (Å²) in [7, 11) is 0. The molecule has 0 amide bonds.